The van der Waals surface area contributed by atoms with Crippen molar-refractivity contribution >= 4 is 8.32 Å². The minimum atomic E-state index is -1.69. The minimum absolute atomic E-state index is 0.351. The molecule has 0 aromatic carbocycles. The smallest absolute Gasteiger partial charge is 0.193 e. The highest BCUT2D eigenvalue weighted by atomic mass is 28.4. The molecule has 11 heavy (non-hydrogen) atoms. The van der Waals surface area contributed by atoms with Gasteiger partial charge in [-0.1, -0.05) is 0 Å². The molecule has 4 heteroatoms. The highest BCUT2D eigenvalue weighted by Crippen LogP contribution is 2.07. The van der Waals surface area contributed by atoms with Crippen molar-refractivity contribution < 1.29 is 14.3 Å². The second kappa shape index (κ2) is 5.71. The topological polar surface area (TPSA) is 38.7 Å². The molecule has 0 fully saturated rings. The number of hydrogen-bond acceptors (Lipinski definition) is 3. The molecule has 0 aromatic rings. The highest BCUT2D eigenvalue weighted by Gasteiger charge is 2.15. The van der Waals surface area contributed by atoms with Crippen molar-refractivity contribution in [2.45, 2.75) is 25.6 Å². The Morgan fingerprint density at radius 2 is 2.27 bits per heavy atom. The first-order valence-corrected chi connectivity index (χ1v) is 6.95. The number of hydrogen-bond donors (Lipinski definition) is 1. The second-order valence-corrected chi connectivity index (χ2v) is 7.20. The Morgan fingerprint density at radius 1 is 1.55 bits per heavy atom. The van der Waals surface area contributed by atoms with Crippen LogP contribution in [-0.4, -0.2) is 35.1 Å². The van der Waals surface area contributed by atoms with E-state index in [-0.39, 0.29) is 0 Å². The second-order valence-electron chi connectivity index (χ2n) is 3.18. The third-order valence-corrected chi connectivity index (χ3v) is 2.83. The van der Waals surface area contributed by atoms with Gasteiger partial charge in [-0.15, -0.1) is 0 Å². The lowest BCUT2D eigenvalue weighted by molar-refractivity contribution is -0.0302. The van der Waals surface area contributed by atoms with Crippen molar-refractivity contribution in [3.05, 3.63) is 0 Å². The zero-order valence-corrected chi connectivity index (χ0v) is 8.55. The van der Waals surface area contributed by atoms with Crippen LogP contribution in [0.25, 0.3) is 0 Å². The SMILES string of the molecule is [3H]O[Si](C)(C)CCCOCOC. The highest BCUT2D eigenvalue weighted by molar-refractivity contribution is 6.69. The Kier molecular flexibility index (Phi) is 4.77. The van der Waals surface area contributed by atoms with E-state index in [4.69, 9.17) is 10.9 Å². The van der Waals surface area contributed by atoms with Crippen LogP contribution < -0.4 is 0 Å². The summed E-state index contributed by atoms with van der Waals surface area (Å²) < 4.78 is 16.6. The van der Waals surface area contributed by atoms with Crippen molar-refractivity contribution in [2.75, 3.05) is 20.5 Å². The van der Waals surface area contributed by atoms with E-state index in [9.17, 15) is 0 Å². The largest absolute Gasteiger partial charge is 0.432 e. The number of methoxy groups -OCH3 is 1. The van der Waals surface area contributed by atoms with Crippen molar-refractivity contribution in [2.24, 2.45) is 0 Å². The predicted molar refractivity (Wildman–Crippen MR) is 47.0 cm³/mol. The average Bonchev–Trinajstić information content (AvgIpc) is 2.04. The van der Waals surface area contributed by atoms with Gasteiger partial charge in [-0.3, -0.25) is 0 Å². The third kappa shape index (κ3) is 10.1. The molecule has 0 saturated carbocycles. The monoisotopic (exact) mass is 180 g/mol. The summed E-state index contributed by atoms with van der Waals surface area (Å²) in [5.41, 5.74) is 0. The lowest BCUT2D eigenvalue weighted by Crippen LogP contribution is -2.24. The lowest BCUT2D eigenvalue weighted by atomic mass is 10.5. The van der Waals surface area contributed by atoms with E-state index in [2.05, 4.69) is 4.80 Å². The maximum Gasteiger partial charge on any atom is 0.193 e. The standard InChI is InChI=1S/C7H18O3Si/c1-9-7-10-5-4-6-11(2,3)8/h8H,4-7H2,1-3H3/i8T. The molecule has 68 valence electrons. The molecule has 0 aromatic heterocycles. The Hall–Kier alpha value is 0.0969. The van der Waals surface area contributed by atoms with Crippen LogP contribution in [0.5, 0.6) is 0 Å². The summed E-state index contributed by atoms with van der Waals surface area (Å²) in [4.78, 5) is 4.65. The van der Waals surface area contributed by atoms with Crippen molar-refractivity contribution in [1.82, 2.24) is 0 Å². The lowest BCUT2D eigenvalue weighted by Gasteiger charge is -2.12. The van der Waals surface area contributed by atoms with Gasteiger partial charge in [0.25, 0.3) is 0 Å². The molecular weight excluding hydrogens is 160 g/mol. The summed E-state index contributed by atoms with van der Waals surface area (Å²) in [5.74, 6) is 0. The van der Waals surface area contributed by atoms with Crippen LogP contribution in [0.1, 0.15) is 6.42 Å². The fourth-order valence-corrected chi connectivity index (χ4v) is 1.74. The van der Waals surface area contributed by atoms with Crippen molar-refractivity contribution in [3.8, 4) is 0 Å². The van der Waals surface area contributed by atoms with E-state index in [1.807, 2.05) is 13.1 Å². The summed E-state index contributed by atoms with van der Waals surface area (Å²) in [7, 11) is -0.0888. The van der Waals surface area contributed by atoms with Crippen LogP contribution in [0.4, 0.5) is 0 Å². The van der Waals surface area contributed by atoms with Gasteiger partial charge >= 0.3 is 0 Å². The molecule has 0 heterocycles. The molecule has 0 rings (SSSR count). The van der Waals surface area contributed by atoms with Crippen LogP contribution in [0, 0.1) is 0 Å². The fraction of sp³-hybridized carbons (Fsp3) is 1.00. The fourth-order valence-electron chi connectivity index (χ4n) is 0.742. The Balaban J connectivity index is 3.19. The molecule has 1 N–H and O–H groups in total. The maximum absolute atomic E-state index is 6.82. The average molecular weight is 180 g/mol. The van der Waals surface area contributed by atoms with Gasteiger partial charge in [-0.25, -0.2) is 0 Å². The van der Waals surface area contributed by atoms with Gasteiger partial charge in [0.05, 0.1) is 0 Å². The molecule has 0 bridgehead atoms. The van der Waals surface area contributed by atoms with E-state index in [1.165, 1.54) is 0 Å². The van der Waals surface area contributed by atoms with Gasteiger partial charge in [0.2, 0.25) is 0 Å². The summed E-state index contributed by atoms with van der Waals surface area (Å²) >= 11 is 0. The third-order valence-electron chi connectivity index (χ3n) is 1.27. The Bertz CT molecular complexity index is 111. The van der Waals surface area contributed by atoms with E-state index in [0.717, 1.165) is 12.5 Å². The summed E-state index contributed by atoms with van der Waals surface area (Å²) in [6, 6.07) is 0.959. The van der Waals surface area contributed by atoms with Gasteiger partial charge in [0.15, 0.2) is 9.75 Å². The molecule has 0 amide bonds. The first-order chi connectivity index (χ1) is 5.62. The summed E-state index contributed by atoms with van der Waals surface area (Å²) in [6.45, 7) is 5.09. The number of ether oxygens (including phenoxy) is 2. The molecule has 0 aliphatic rings. The molecule has 0 aliphatic heterocycles. The molecule has 3 nitrogen and oxygen atoms in total. The van der Waals surface area contributed by atoms with Crippen molar-refractivity contribution in [3.63, 3.8) is 0 Å². The zero-order chi connectivity index (χ0) is 9.45. The normalized spacial score (nSPS) is 13.2. The van der Waals surface area contributed by atoms with Crippen LogP contribution in [0.3, 0.4) is 0 Å². The van der Waals surface area contributed by atoms with Crippen LogP contribution in [-0.2, 0) is 9.47 Å². The molecule has 0 spiro atoms. The van der Waals surface area contributed by atoms with Crippen molar-refractivity contribution in [1.29, 1.82) is 1.43 Å². The molecule has 0 unspecified atom stereocenters. The predicted octanol–water partition coefficient (Wildman–Crippen LogP) is 1.19. The number of rotatable bonds is 7. The van der Waals surface area contributed by atoms with Crippen LogP contribution in [0.15, 0.2) is 0 Å². The van der Waals surface area contributed by atoms with E-state index in [1.54, 1.807) is 7.11 Å². The van der Waals surface area contributed by atoms with Gasteiger partial charge < -0.3 is 14.3 Å². The first-order valence-electron chi connectivity index (χ1n) is 4.24. The van der Waals surface area contributed by atoms with E-state index >= 15 is 0 Å². The first kappa shape index (κ1) is 9.19. The molecule has 0 radical (unpaired) electrons. The zero-order valence-electron chi connectivity index (χ0n) is 8.55. The Morgan fingerprint density at radius 3 is 2.82 bits per heavy atom. The minimum Gasteiger partial charge on any atom is -0.432 e. The molecule has 0 atom stereocenters. The molecule has 0 saturated heterocycles. The quantitative estimate of drug-likeness (QED) is 0.363. The van der Waals surface area contributed by atoms with Crippen LogP contribution in [0.2, 0.25) is 19.1 Å². The Labute approximate surface area is 70.9 Å². The van der Waals surface area contributed by atoms with Gasteiger partial charge in [0.1, 0.15) is 6.79 Å². The van der Waals surface area contributed by atoms with E-state index in [0.29, 0.717) is 13.4 Å². The van der Waals surface area contributed by atoms with Gasteiger partial charge in [-0.05, 0) is 25.6 Å². The summed E-state index contributed by atoms with van der Waals surface area (Å²) in [6.07, 6.45) is 0.946. The van der Waals surface area contributed by atoms with E-state index < -0.39 is 8.32 Å². The molecule has 0 aliphatic carbocycles. The van der Waals surface area contributed by atoms with Crippen LogP contribution >= 0.6 is 0 Å². The van der Waals surface area contributed by atoms with Gasteiger partial charge in [0, 0.05) is 13.7 Å². The molecular formula is C7H18O3Si. The maximum atomic E-state index is 6.82. The summed E-state index contributed by atoms with van der Waals surface area (Å²) in [5, 5.41) is 0. The van der Waals surface area contributed by atoms with Gasteiger partial charge in [-0.2, -0.15) is 0 Å².